The Hall–Kier alpha value is -1.86. The van der Waals surface area contributed by atoms with Crippen molar-refractivity contribution in [1.82, 2.24) is 5.32 Å². The van der Waals surface area contributed by atoms with Gasteiger partial charge in [0.15, 0.2) is 0 Å². The fourth-order valence-corrected chi connectivity index (χ4v) is 5.18. The molecule has 7 heteroatoms. The van der Waals surface area contributed by atoms with Crippen LogP contribution in [0.4, 0.5) is 5.69 Å². The van der Waals surface area contributed by atoms with Crippen LogP contribution in [0.15, 0.2) is 29.3 Å². The molecule has 1 aromatic rings. The minimum atomic E-state index is -1.53. The smallest absolute Gasteiger partial charge is 0.338 e. The Morgan fingerprint density at radius 3 is 2.41 bits per heavy atom. The average Bonchev–Trinajstić information content (AvgIpc) is 3.13. The van der Waals surface area contributed by atoms with Crippen LogP contribution in [0.2, 0.25) is 0 Å². The molecule has 1 saturated heterocycles. The molecular weight excluding hydrogens is 364 g/mol. The number of carbonyl (C=O) groups excluding carboxylic acids is 2. The first-order valence-electron chi connectivity index (χ1n) is 9.39. The lowest BCUT2D eigenvalue weighted by molar-refractivity contribution is -0.165. The number of ether oxygens (including phenoxy) is 2. The van der Waals surface area contributed by atoms with Gasteiger partial charge < -0.3 is 9.47 Å². The third kappa shape index (κ3) is 2.97. The van der Waals surface area contributed by atoms with E-state index in [0.29, 0.717) is 0 Å². The van der Waals surface area contributed by atoms with Crippen LogP contribution in [-0.2, 0) is 24.5 Å². The minimum Gasteiger partial charge on any atom is -0.464 e. The van der Waals surface area contributed by atoms with Crippen LogP contribution in [0.25, 0.3) is 0 Å². The van der Waals surface area contributed by atoms with Crippen molar-refractivity contribution in [3.63, 3.8) is 0 Å². The van der Waals surface area contributed by atoms with Gasteiger partial charge in [0.05, 0.1) is 29.4 Å². The summed E-state index contributed by atoms with van der Waals surface area (Å²) in [5.41, 5.74) is -0.156. The largest absolute Gasteiger partial charge is 0.464 e. The second-order valence-corrected chi connectivity index (χ2v) is 7.98. The molecule has 0 amide bonds. The fourth-order valence-electron chi connectivity index (χ4n) is 4.13. The molecule has 146 valence electrons. The topological polar surface area (TPSA) is 77.0 Å². The molecule has 2 aliphatic heterocycles. The Morgan fingerprint density at radius 1 is 1.19 bits per heavy atom. The van der Waals surface area contributed by atoms with Gasteiger partial charge in [-0.25, -0.2) is 14.6 Å². The van der Waals surface area contributed by atoms with E-state index in [1.807, 2.05) is 31.2 Å². The number of hydrogen-bond donors (Lipinski definition) is 1. The predicted molar refractivity (Wildman–Crippen MR) is 107 cm³/mol. The maximum Gasteiger partial charge on any atom is 0.338 e. The molecule has 2 atom stereocenters. The number of nitrogens with zero attached hydrogens (tertiary/aromatic N) is 1. The van der Waals surface area contributed by atoms with Crippen molar-refractivity contribution in [2.45, 2.75) is 51.1 Å². The molecule has 3 rings (SSSR count). The number of fused-ring (bicyclic) bond motifs is 2. The first-order valence-corrected chi connectivity index (χ1v) is 10.4. The SMILES string of the molecule is CCOC(=O)C1(C(=O)OCC)CC2(C(SCC)=Nc3ccccc32)C(C)N1. The number of esters is 2. The Kier molecular flexibility index (Phi) is 5.63. The number of rotatable bonds is 5. The van der Waals surface area contributed by atoms with E-state index in [1.165, 1.54) is 0 Å². The molecule has 1 fully saturated rings. The summed E-state index contributed by atoms with van der Waals surface area (Å²) in [6.45, 7) is 7.93. The summed E-state index contributed by atoms with van der Waals surface area (Å²) in [7, 11) is 0. The quantitative estimate of drug-likeness (QED) is 0.615. The van der Waals surface area contributed by atoms with E-state index >= 15 is 0 Å². The minimum absolute atomic E-state index is 0.187. The van der Waals surface area contributed by atoms with Gasteiger partial charge in [-0.05, 0) is 38.2 Å². The summed E-state index contributed by atoms with van der Waals surface area (Å²) >= 11 is 1.65. The van der Waals surface area contributed by atoms with E-state index in [2.05, 4.69) is 12.2 Å². The third-order valence-corrected chi connectivity index (χ3v) is 6.28. The molecule has 2 aliphatic rings. The van der Waals surface area contributed by atoms with Crippen LogP contribution in [0.5, 0.6) is 0 Å². The fraction of sp³-hybridized carbons (Fsp3) is 0.550. The van der Waals surface area contributed by atoms with E-state index in [1.54, 1.807) is 25.6 Å². The van der Waals surface area contributed by atoms with Crippen LogP contribution in [-0.4, -0.2) is 47.5 Å². The highest BCUT2D eigenvalue weighted by Gasteiger charge is 2.66. The van der Waals surface area contributed by atoms with Gasteiger partial charge >= 0.3 is 11.9 Å². The van der Waals surface area contributed by atoms with Crippen LogP contribution < -0.4 is 5.32 Å². The van der Waals surface area contributed by atoms with Crippen molar-refractivity contribution < 1.29 is 19.1 Å². The number of aliphatic imine (C=N–C) groups is 1. The zero-order valence-corrected chi connectivity index (χ0v) is 17.0. The number of thioether (sulfide) groups is 1. The van der Waals surface area contributed by atoms with Gasteiger partial charge in [-0.3, -0.25) is 5.32 Å². The van der Waals surface area contributed by atoms with Crippen LogP contribution in [0.3, 0.4) is 0 Å². The normalized spacial score (nSPS) is 25.2. The molecule has 1 N–H and O–H groups in total. The zero-order valence-electron chi connectivity index (χ0n) is 16.2. The predicted octanol–water partition coefficient (Wildman–Crippen LogP) is 2.97. The maximum atomic E-state index is 12.9. The monoisotopic (exact) mass is 390 g/mol. The van der Waals surface area contributed by atoms with Gasteiger partial charge in [-0.1, -0.05) is 25.1 Å². The number of hydrogen-bond acceptors (Lipinski definition) is 7. The van der Waals surface area contributed by atoms with Gasteiger partial charge in [0.2, 0.25) is 5.54 Å². The molecule has 0 aromatic heterocycles. The summed E-state index contributed by atoms with van der Waals surface area (Å²) in [5, 5.41) is 4.19. The first-order chi connectivity index (χ1) is 13.0. The van der Waals surface area contributed by atoms with Crippen LogP contribution in [0.1, 0.15) is 39.7 Å². The summed E-state index contributed by atoms with van der Waals surface area (Å²) in [6, 6.07) is 7.74. The Bertz CT molecular complexity index is 761. The lowest BCUT2D eigenvalue weighted by Crippen LogP contribution is -2.57. The van der Waals surface area contributed by atoms with Crippen LogP contribution in [0, 0.1) is 0 Å². The van der Waals surface area contributed by atoms with Crippen LogP contribution >= 0.6 is 11.8 Å². The van der Waals surface area contributed by atoms with E-state index in [4.69, 9.17) is 14.5 Å². The standard InChI is InChI=1S/C20H26N2O4S/c1-5-25-17(23)20(18(24)26-6-2)12-19(13(4)22-20)14-10-8-9-11-15(14)21-16(19)27-7-3/h8-11,13,22H,5-7,12H2,1-4H3. The number of carbonyl (C=O) groups is 2. The second-order valence-electron chi connectivity index (χ2n) is 6.73. The van der Waals surface area contributed by atoms with Crippen molar-refractivity contribution in [2.24, 2.45) is 4.99 Å². The maximum absolute atomic E-state index is 12.9. The zero-order chi connectivity index (χ0) is 19.7. The molecule has 6 nitrogen and oxygen atoms in total. The van der Waals surface area contributed by atoms with Gasteiger partial charge in [0, 0.05) is 12.5 Å². The highest BCUT2D eigenvalue weighted by atomic mass is 32.2. The molecule has 1 aromatic carbocycles. The number of benzene rings is 1. The molecule has 0 bridgehead atoms. The van der Waals surface area contributed by atoms with Crippen molar-refractivity contribution in [3.05, 3.63) is 29.8 Å². The highest BCUT2D eigenvalue weighted by molar-refractivity contribution is 8.14. The molecule has 0 aliphatic carbocycles. The summed E-state index contributed by atoms with van der Waals surface area (Å²) in [4.78, 5) is 30.7. The first kappa shape index (κ1) is 19.9. The van der Waals surface area contributed by atoms with Crippen molar-refractivity contribution >= 4 is 34.4 Å². The Labute approximate surface area is 164 Å². The van der Waals surface area contributed by atoms with E-state index in [0.717, 1.165) is 22.0 Å². The summed E-state index contributed by atoms with van der Waals surface area (Å²) < 4.78 is 10.6. The lowest BCUT2D eigenvalue weighted by Gasteiger charge is -2.31. The third-order valence-electron chi connectivity index (χ3n) is 5.26. The Balaban J connectivity index is 2.12. The number of para-hydroxylation sites is 1. The van der Waals surface area contributed by atoms with Crippen molar-refractivity contribution in [3.8, 4) is 0 Å². The van der Waals surface area contributed by atoms with E-state index in [9.17, 15) is 9.59 Å². The molecule has 1 spiro atoms. The molecular formula is C20H26N2O4S. The van der Waals surface area contributed by atoms with E-state index < -0.39 is 22.9 Å². The molecule has 2 unspecified atom stereocenters. The van der Waals surface area contributed by atoms with Gasteiger partial charge in [-0.2, -0.15) is 0 Å². The lowest BCUT2D eigenvalue weighted by atomic mass is 9.73. The molecule has 27 heavy (non-hydrogen) atoms. The highest BCUT2D eigenvalue weighted by Crippen LogP contribution is 2.53. The molecule has 2 heterocycles. The second kappa shape index (κ2) is 7.64. The van der Waals surface area contributed by atoms with Crippen molar-refractivity contribution in [2.75, 3.05) is 19.0 Å². The molecule has 0 saturated carbocycles. The van der Waals surface area contributed by atoms with Gasteiger partial charge in [0.25, 0.3) is 0 Å². The Morgan fingerprint density at radius 2 is 1.81 bits per heavy atom. The summed E-state index contributed by atoms with van der Waals surface area (Å²) in [6.07, 6.45) is 0.238. The van der Waals surface area contributed by atoms with Gasteiger partial charge in [-0.15, -0.1) is 11.8 Å². The van der Waals surface area contributed by atoms with E-state index in [-0.39, 0.29) is 25.7 Å². The summed E-state index contributed by atoms with van der Waals surface area (Å²) in [5.74, 6) is -0.317. The molecule has 0 radical (unpaired) electrons. The number of nitrogens with one attached hydrogen (secondary N) is 1. The van der Waals surface area contributed by atoms with Gasteiger partial charge in [0.1, 0.15) is 0 Å². The van der Waals surface area contributed by atoms with Crippen molar-refractivity contribution in [1.29, 1.82) is 0 Å². The average molecular weight is 391 g/mol.